The van der Waals surface area contributed by atoms with Crippen molar-refractivity contribution >= 4 is 12.0 Å². The maximum absolute atomic E-state index is 12.7. The van der Waals surface area contributed by atoms with Gasteiger partial charge in [-0.2, -0.15) is 0 Å². The second-order valence-electron chi connectivity index (χ2n) is 5.92. The lowest BCUT2D eigenvalue weighted by Gasteiger charge is -2.40. The van der Waals surface area contributed by atoms with Crippen LogP contribution in [0.1, 0.15) is 52.4 Å². The minimum atomic E-state index is -0.831. The number of aliphatic carboxylic acids is 1. The van der Waals surface area contributed by atoms with Crippen LogP contribution >= 0.6 is 0 Å². The zero-order valence-corrected chi connectivity index (χ0v) is 13.1. The van der Waals surface area contributed by atoms with Gasteiger partial charge in [0.2, 0.25) is 0 Å². The van der Waals surface area contributed by atoms with Crippen LogP contribution in [0.3, 0.4) is 0 Å². The number of likely N-dealkylation sites (tertiary alicyclic amines) is 1. The predicted octanol–water partition coefficient (Wildman–Crippen LogP) is 1.92. The number of carboxylic acids is 1. The molecule has 1 aliphatic heterocycles. The molecule has 2 amide bonds. The smallest absolute Gasteiger partial charge is 0.320 e. The summed E-state index contributed by atoms with van der Waals surface area (Å²) in [6.45, 7) is 5.18. The zero-order chi connectivity index (χ0) is 15.8. The second kappa shape index (κ2) is 8.87. The van der Waals surface area contributed by atoms with E-state index >= 15 is 0 Å². The van der Waals surface area contributed by atoms with Crippen molar-refractivity contribution in [2.24, 2.45) is 0 Å². The van der Waals surface area contributed by atoms with Gasteiger partial charge in [0.15, 0.2) is 0 Å². The molecule has 1 rings (SSSR count). The minimum Gasteiger partial charge on any atom is -0.481 e. The van der Waals surface area contributed by atoms with E-state index in [0.29, 0.717) is 19.4 Å². The van der Waals surface area contributed by atoms with Crippen molar-refractivity contribution in [1.29, 1.82) is 0 Å². The van der Waals surface area contributed by atoms with Crippen molar-refractivity contribution in [2.45, 2.75) is 64.5 Å². The molecule has 1 saturated heterocycles. The number of aliphatic hydroxyl groups excluding tert-OH is 1. The van der Waals surface area contributed by atoms with Gasteiger partial charge in [-0.15, -0.1) is 0 Å². The van der Waals surface area contributed by atoms with Gasteiger partial charge in [-0.25, -0.2) is 4.79 Å². The SMILES string of the molecule is CC(C)N(CCCC(=O)O)C(=O)N1CCCCC1CCO. The highest BCUT2D eigenvalue weighted by Gasteiger charge is 2.30. The molecular weight excluding hydrogens is 272 g/mol. The van der Waals surface area contributed by atoms with Crippen LogP contribution in [-0.2, 0) is 4.79 Å². The molecule has 21 heavy (non-hydrogen) atoms. The lowest BCUT2D eigenvalue weighted by molar-refractivity contribution is -0.137. The summed E-state index contributed by atoms with van der Waals surface area (Å²) >= 11 is 0. The molecule has 0 radical (unpaired) electrons. The molecule has 0 aromatic rings. The van der Waals surface area contributed by atoms with E-state index in [1.165, 1.54) is 0 Å². The first-order chi connectivity index (χ1) is 9.97. The standard InChI is InChI=1S/C15H28N2O4/c1-12(2)16(10-5-7-14(19)20)15(21)17-9-4-3-6-13(17)8-11-18/h12-13,18H,3-11H2,1-2H3,(H,19,20). The Balaban J connectivity index is 2.66. The highest BCUT2D eigenvalue weighted by Crippen LogP contribution is 2.22. The summed E-state index contributed by atoms with van der Waals surface area (Å²) in [6, 6.07) is 0.133. The Kier molecular flexibility index (Phi) is 7.50. The van der Waals surface area contributed by atoms with Crippen LogP contribution in [0.2, 0.25) is 0 Å². The number of hydrogen-bond donors (Lipinski definition) is 2. The van der Waals surface area contributed by atoms with Crippen molar-refractivity contribution < 1.29 is 19.8 Å². The number of piperidine rings is 1. The summed E-state index contributed by atoms with van der Waals surface area (Å²) < 4.78 is 0. The van der Waals surface area contributed by atoms with E-state index < -0.39 is 5.97 Å². The molecule has 1 atom stereocenters. The van der Waals surface area contributed by atoms with E-state index in [2.05, 4.69) is 0 Å². The van der Waals surface area contributed by atoms with Gasteiger partial charge in [-0.1, -0.05) is 0 Å². The number of nitrogens with zero attached hydrogens (tertiary/aromatic N) is 2. The molecule has 0 aromatic carbocycles. The van der Waals surface area contributed by atoms with Crippen molar-refractivity contribution in [3.8, 4) is 0 Å². The first-order valence-corrected chi connectivity index (χ1v) is 7.87. The Morgan fingerprint density at radius 3 is 2.62 bits per heavy atom. The highest BCUT2D eigenvalue weighted by atomic mass is 16.4. The molecule has 0 saturated carbocycles. The molecule has 0 aromatic heterocycles. The Hall–Kier alpha value is -1.30. The molecule has 1 unspecified atom stereocenters. The molecule has 122 valence electrons. The first-order valence-electron chi connectivity index (χ1n) is 7.87. The number of urea groups is 1. The number of amides is 2. The largest absolute Gasteiger partial charge is 0.481 e. The van der Waals surface area contributed by atoms with Crippen molar-refractivity contribution in [3.63, 3.8) is 0 Å². The van der Waals surface area contributed by atoms with Gasteiger partial charge in [-0.05, 0) is 46.0 Å². The predicted molar refractivity (Wildman–Crippen MR) is 80.2 cm³/mol. The maximum atomic E-state index is 12.7. The number of carbonyl (C=O) groups is 2. The lowest BCUT2D eigenvalue weighted by atomic mass is 10.00. The number of carbonyl (C=O) groups excluding carboxylic acids is 1. The number of hydrogen-bond acceptors (Lipinski definition) is 3. The highest BCUT2D eigenvalue weighted by molar-refractivity contribution is 5.75. The third-order valence-corrected chi connectivity index (χ3v) is 3.99. The topological polar surface area (TPSA) is 81.1 Å². The van der Waals surface area contributed by atoms with Gasteiger partial charge >= 0.3 is 12.0 Å². The third kappa shape index (κ3) is 5.53. The van der Waals surface area contributed by atoms with Crippen LogP contribution in [0.15, 0.2) is 0 Å². The Labute approximate surface area is 126 Å². The summed E-state index contributed by atoms with van der Waals surface area (Å²) in [4.78, 5) is 27.0. The Bertz CT molecular complexity index is 345. The lowest BCUT2D eigenvalue weighted by Crippen LogP contribution is -2.52. The summed E-state index contributed by atoms with van der Waals surface area (Å²) in [5.74, 6) is -0.831. The fraction of sp³-hybridized carbons (Fsp3) is 0.867. The number of carboxylic acid groups (broad SMARTS) is 1. The van der Waals surface area contributed by atoms with Crippen LogP contribution in [0, 0.1) is 0 Å². The van der Waals surface area contributed by atoms with E-state index in [-0.39, 0.29) is 31.1 Å². The van der Waals surface area contributed by atoms with Crippen molar-refractivity contribution in [3.05, 3.63) is 0 Å². The maximum Gasteiger partial charge on any atom is 0.320 e. The van der Waals surface area contributed by atoms with Crippen LogP contribution in [-0.4, -0.2) is 63.8 Å². The van der Waals surface area contributed by atoms with E-state index in [1.54, 1.807) is 4.90 Å². The first kappa shape index (κ1) is 17.8. The van der Waals surface area contributed by atoms with Crippen molar-refractivity contribution in [1.82, 2.24) is 9.80 Å². The summed E-state index contributed by atoms with van der Waals surface area (Å²) in [5.41, 5.74) is 0. The molecule has 1 heterocycles. The van der Waals surface area contributed by atoms with E-state index in [0.717, 1.165) is 25.8 Å². The molecule has 0 bridgehead atoms. The molecule has 1 aliphatic rings. The van der Waals surface area contributed by atoms with Crippen LogP contribution < -0.4 is 0 Å². The molecule has 0 spiro atoms. The van der Waals surface area contributed by atoms with Gasteiger partial charge in [0.25, 0.3) is 0 Å². The molecule has 6 nitrogen and oxygen atoms in total. The van der Waals surface area contributed by atoms with Gasteiger partial charge in [0, 0.05) is 38.2 Å². The molecule has 6 heteroatoms. The van der Waals surface area contributed by atoms with Crippen LogP contribution in [0.4, 0.5) is 4.79 Å². The third-order valence-electron chi connectivity index (χ3n) is 3.99. The summed E-state index contributed by atoms with van der Waals surface area (Å²) in [6.07, 6.45) is 4.19. The summed E-state index contributed by atoms with van der Waals surface area (Å²) in [7, 11) is 0. The average Bonchev–Trinajstić information content (AvgIpc) is 2.43. The second-order valence-corrected chi connectivity index (χ2v) is 5.92. The normalized spacial score (nSPS) is 18.9. The quantitative estimate of drug-likeness (QED) is 0.752. The van der Waals surface area contributed by atoms with Crippen molar-refractivity contribution in [2.75, 3.05) is 19.7 Å². The van der Waals surface area contributed by atoms with Gasteiger partial charge < -0.3 is 20.0 Å². The fourth-order valence-corrected chi connectivity index (χ4v) is 2.84. The van der Waals surface area contributed by atoms with Gasteiger partial charge in [-0.3, -0.25) is 4.79 Å². The van der Waals surface area contributed by atoms with Gasteiger partial charge in [0.05, 0.1) is 0 Å². The molecular formula is C15H28N2O4. The minimum absolute atomic E-state index is 0.0199. The fourth-order valence-electron chi connectivity index (χ4n) is 2.84. The zero-order valence-electron chi connectivity index (χ0n) is 13.1. The number of rotatable bonds is 7. The van der Waals surface area contributed by atoms with E-state index in [9.17, 15) is 9.59 Å². The van der Waals surface area contributed by atoms with Gasteiger partial charge in [0.1, 0.15) is 0 Å². The number of aliphatic hydroxyl groups is 1. The Morgan fingerprint density at radius 1 is 1.33 bits per heavy atom. The Morgan fingerprint density at radius 2 is 2.05 bits per heavy atom. The van der Waals surface area contributed by atoms with Crippen LogP contribution in [0.25, 0.3) is 0 Å². The molecule has 0 aliphatic carbocycles. The van der Waals surface area contributed by atoms with E-state index in [1.807, 2.05) is 18.7 Å². The van der Waals surface area contributed by atoms with Crippen LogP contribution in [0.5, 0.6) is 0 Å². The monoisotopic (exact) mass is 300 g/mol. The molecule has 2 N–H and O–H groups in total. The average molecular weight is 300 g/mol. The summed E-state index contributed by atoms with van der Waals surface area (Å²) in [5, 5.41) is 17.9. The van der Waals surface area contributed by atoms with E-state index in [4.69, 9.17) is 10.2 Å². The molecule has 1 fully saturated rings.